The summed E-state index contributed by atoms with van der Waals surface area (Å²) in [7, 11) is 0. The number of amides is 2. The van der Waals surface area contributed by atoms with E-state index in [0.29, 0.717) is 32.7 Å². The van der Waals surface area contributed by atoms with E-state index in [4.69, 9.17) is 9.84 Å². The highest BCUT2D eigenvalue weighted by molar-refractivity contribution is 5.90. The van der Waals surface area contributed by atoms with Crippen LogP contribution in [-0.2, 0) is 4.74 Å². The van der Waals surface area contributed by atoms with E-state index in [0.717, 1.165) is 37.2 Å². The van der Waals surface area contributed by atoms with Crippen molar-refractivity contribution in [3.05, 3.63) is 18.3 Å². The molecule has 4 rings (SSSR count). The molecule has 3 aliphatic rings. The third-order valence-electron chi connectivity index (χ3n) is 5.65. The molecule has 1 aliphatic carbocycles. The lowest BCUT2D eigenvalue weighted by molar-refractivity contribution is 0.0260. The Labute approximate surface area is 152 Å². The van der Waals surface area contributed by atoms with Crippen LogP contribution in [0.25, 0.3) is 0 Å². The Morgan fingerprint density at radius 3 is 2.46 bits per heavy atom. The van der Waals surface area contributed by atoms with Gasteiger partial charge in [0.2, 0.25) is 0 Å². The van der Waals surface area contributed by atoms with E-state index in [1.165, 1.54) is 11.3 Å². The zero-order valence-corrected chi connectivity index (χ0v) is 14.8. The molecule has 3 fully saturated rings. The van der Waals surface area contributed by atoms with Crippen molar-refractivity contribution in [3.63, 3.8) is 0 Å². The van der Waals surface area contributed by atoms with Crippen molar-refractivity contribution in [1.82, 2.24) is 9.88 Å². The van der Waals surface area contributed by atoms with Crippen molar-refractivity contribution in [3.8, 4) is 0 Å². The maximum atomic E-state index is 12.3. The smallest absolute Gasteiger partial charge is 0.415 e. The van der Waals surface area contributed by atoms with Gasteiger partial charge in [-0.3, -0.25) is 4.90 Å². The fourth-order valence-electron chi connectivity index (χ4n) is 4.13. The number of piperazine rings is 1. The predicted octanol–water partition coefficient (Wildman–Crippen LogP) is 2.54. The highest BCUT2D eigenvalue weighted by Gasteiger charge is 2.46. The summed E-state index contributed by atoms with van der Waals surface area (Å²) in [5.74, 6) is 0.804. The maximum absolute atomic E-state index is 12.3. The van der Waals surface area contributed by atoms with Gasteiger partial charge in [-0.25, -0.2) is 14.6 Å². The second-order valence-corrected chi connectivity index (χ2v) is 7.33. The molecule has 1 spiro atoms. The summed E-state index contributed by atoms with van der Waals surface area (Å²) in [5, 5.41) is 9.03. The van der Waals surface area contributed by atoms with Gasteiger partial charge in [0, 0.05) is 26.2 Å². The number of carboxylic acid groups (broad SMARTS) is 1. The number of aromatic nitrogens is 1. The van der Waals surface area contributed by atoms with Crippen LogP contribution < -0.4 is 9.80 Å². The lowest BCUT2D eigenvalue weighted by Gasteiger charge is -2.34. The summed E-state index contributed by atoms with van der Waals surface area (Å²) in [6.07, 6.45) is 5.87. The second-order valence-electron chi connectivity index (χ2n) is 7.33. The third kappa shape index (κ3) is 3.15. The normalized spacial score (nSPS) is 22.6. The Hall–Kier alpha value is -2.51. The van der Waals surface area contributed by atoms with Crippen molar-refractivity contribution >= 4 is 23.7 Å². The number of carbonyl (C=O) groups is 2. The Morgan fingerprint density at radius 1 is 1.12 bits per heavy atom. The molecule has 2 saturated heterocycles. The largest absolute Gasteiger partial charge is 0.465 e. The molecule has 1 aromatic heterocycles. The van der Waals surface area contributed by atoms with Gasteiger partial charge in [0.05, 0.1) is 18.4 Å². The highest BCUT2D eigenvalue weighted by Crippen LogP contribution is 2.38. The molecule has 0 radical (unpaired) electrons. The molecular weight excluding hydrogens is 336 g/mol. The zero-order valence-electron chi connectivity index (χ0n) is 14.8. The number of rotatable bonds is 2. The van der Waals surface area contributed by atoms with Gasteiger partial charge in [-0.05, 0) is 37.8 Å². The maximum Gasteiger partial charge on any atom is 0.415 e. The Bertz CT molecular complexity index is 679. The van der Waals surface area contributed by atoms with Gasteiger partial charge in [-0.15, -0.1) is 0 Å². The van der Waals surface area contributed by atoms with Crippen molar-refractivity contribution < 1.29 is 19.4 Å². The molecule has 1 aromatic rings. The zero-order chi connectivity index (χ0) is 18.1. The van der Waals surface area contributed by atoms with Gasteiger partial charge in [0.1, 0.15) is 11.4 Å². The third-order valence-corrected chi connectivity index (χ3v) is 5.65. The molecule has 0 unspecified atom stereocenters. The van der Waals surface area contributed by atoms with Crippen LogP contribution in [0.1, 0.15) is 32.1 Å². The number of hydrogen-bond donors (Lipinski definition) is 1. The molecule has 8 nitrogen and oxygen atoms in total. The lowest BCUT2D eigenvalue weighted by atomic mass is 9.85. The van der Waals surface area contributed by atoms with Gasteiger partial charge < -0.3 is 19.6 Å². The lowest BCUT2D eigenvalue weighted by Crippen LogP contribution is -2.48. The van der Waals surface area contributed by atoms with Crippen LogP contribution in [0.4, 0.5) is 21.1 Å². The summed E-state index contributed by atoms with van der Waals surface area (Å²) in [4.78, 5) is 33.0. The van der Waals surface area contributed by atoms with E-state index in [2.05, 4.69) is 9.88 Å². The van der Waals surface area contributed by atoms with E-state index < -0.39 is 6.09 Å². The van der Waals surface area contributed by atoms with E-state index in [-0.39, 0.29) is 11.7 Å². The molecule has 1 saturated carbocycles. The molecule has 26 heavy (non-hydrogen) atoms. The molecule has 0 bridgehead atoms. The summed E-state index contributed by atoms with van der Waals surface area (Å²) < 4.78 is 5.73. The molecular formula is C18H24N4O4. The minimum absolute atomic E-state index is 0.281. The van der Waals surface area contributed by atoms with Crippen LogP contribution in [0.2, 0.25) is 0 Å². The second kappa shape index (κ2) is 6.66. The summed E-state index contributed by atoms with van der Waals surface area (Å²) >= 11 is 0. The summed E-state index contributed by atoms with van der Waals surface area (Å²) in [6.45, 7) is 2.78. The monoisotopic (exact) mass is 360 g/mol. The van der Waals surface area contributed by atoms with Crippen LogP contribution in [0, 0.1) is 0 Å². The number of pyridine rings is 1. The fraction of sp³-hybridized carbons (Fsp3) is 0.611. The van der Waals surface area contributed by atoms with Crippen LogP contribution in [0.3, 0.4) is 0 Å². The summed E-state index contributed by atoms with van der Waals surface area (Å²) in [6, 6.07) is 3.79. The molecule has 1 N–H and O–H groups in total. The Kier molecular flexibility index (Phi) is 4.34. The standard InChI is InChI=1S/C18H24N4O4/c23-16(24)21-10-8-20(9-11-21)15-5-4-14(12-19-15)22-13-18(26-17(22)25)6-2-1-3-7-18/h4-5,12H,1-3,6-11,13H2,(H,23,24). The molecule has 0 atom stereocenters. The molecule has 3 heterocycles. The molecule has 0 aromatic carbocycles. The molecule has 2 amide bonds. The number of anilines is 2. The van der Waals surface area contributed by atoms with E-state index in [9.17, 15) is 9.59 Å². The number of ether oxygens (including phenoxy) is 1. The van der Waals surface area contributed by atoms with Gasteiger partial charge in [-0.1, -0.05) is 6.42 Å². The molecule has 2 aliphatic heterocycles. The van der Waals surface area contributed by atoms with Crippen molar-refractivity contribution in [2.45, 2.75) is 37.7 Å². The average molecular weight is 360 g/mol. The predicted molar refractivity (Wildman–Crippen MR) is 95.7 cm³/mol. The minimum atomic E-state index is -0.878. The van der Waals surface area contributed by atoms with Crippen LogP contribution in [-0.4, -0.2) is 65.5 Å². The van der Waals surface area contributed by atoms with Gasteiger partial charge in [0.25, 0.3) is 0 Å². The average Bonchev–Trinajstić information content (AvgIpc) is 2.98. The topological polar surface area (TPSA) is 86.2 Å². The number of nitrogens with zero attached hydrogens (tertiary/aromatic N) is 4. The van der Waals surface area contributed by atoms with Gasteiger partial charge >= 0.3 is 12.2 Å². The van der Waals surface area contributed by atoms with Crippen molar-refractivity contribution in [1.29, 1.82) is 0 Å². The minimum Gasteiger partial charge on any atom is -0.465 e. The first-order valence-electron chi connectivity index (χ1n) is 9.26. The van der Waals surface area contributed by atoms with Crippen molar-refractivity contribution in [2.75, 3.05) is 42.5 Å². The molecule has 140 valence electrons. The van der Waals surface area contributed by atoms with E-state index in [1.54, 1.807) is 11.1 Å². The van der Waals surface area contributed by atoms with Gasteiger partial charge in [0.15, 0.2) is 0 Å². The number of hydrogen-bond acceptors (Lipinski definition) is 5. The SMILES string of the molecule is O=C(O)N1CCN(c2ccc(N3CC4(CCCCC4)OC3=O)cn2)CC1. The van der Waals surface area contributed by atoms with Gasteiger partial charge in [-0.2, -0.15) is 0 Å². The number of carbonyl (C=O) groups excluding carboxylic acids is 1. The quantitative estimate of drug-likeness (QED) is 0.872. The molecule has 8 heteroatoms. The van der Waals surface area contributed by atoms with E-state index >= 15 is 0 Å². The first-order chi connectivity index (χ1) is 12.6. The van der Waals surface area contributed by atoms with E-state index in [1.807, 2.05) is 12.1 Å². The highest BCUT2D eigenvalue weighted by atomic mass is 16.6. The first-order valence-corrected chi connectivity index (χ1v) is 9.26. The van der Waals surface area contributed by atoms with Crippen LogP contribution in [0.5, 0.6) is 0 Å². The van der Waals surface area contributed by atoms with Crippen LogP contribution >= 0.6 is 0 Å². The Balaban J connectivity index is 1.42. The van der Waals surface area contributed by atoms with Crippen LogP contribution in [0.15, 0.2) is 18.3 Å². The van der Waals surface area contributed by atoms with Crippen molar-refractivity contribution in [2.24, 2.45) is 0 Å². The summed E-state index contributed by atoms with van der Waals surface area (Å²) in [5.41, 5.74) is 0.437. The Morgan fingerprint density at radius 2 is 1.85 bits per heavy atom. The first kappa shape index (κ1) is 16.9. The fourth-order valence-corrected chi connectivity index (χ4v) is 4.13.